The molecule has 0 aliphatic heterocycles. The van der Waals surface area contributed by atoms with Crippen LogP contribution in [0.4, 0.5) is 0 Å². The van der Waals surface area contributed by atoms with Gasteiger partial charge in [-0.15, -0.1) is 0 Å². The lowest BCUT2D eigenvalue weighted by atomic mass is 9.44. The maximum atomic E-state index is 13.4. The summed E-state index contributed by atoms with van der Waals surface area (Å²) in [4.78, 5) is 27.5. The van der Waals surface area contributed by atoms with E-state index < -0.39 is 0 Å². The molecule has 0 saturated heterocycles. The van der Waals surface area contributed by atoms with Crippen LogP contribution >= 0.6 is 0 Å². The number of ketones is 1. The minimum absolute atomic E-state index is 0.206. The Morgan fingerprint density at radius 3 is 2.61 bits per heavy atom. The van der Waals surface area contributed by atoms with E-state index in [0.717, 1.165) is 25.7 Å². The molecule has 28 heavy (non-hydrogen) atoms. The van der Waals surface area contributed by atoms with Gasteiger partial charge < -0.3 is 5.11 Å². The normalized spacial score (nSPS) is 48.8. The number of aliphatic hydroxyl groups is 1. The van der Waals surface area contributed by atoms with Gasteiger partial charge in [0.05, 0.1) is 12.6 Å². The van der Waals surface area contributed by atoms with E-state index in [2.05, 4.69) is 25.8 Å². The van der Waals surface area contributed by atoms with Gasteiger partial charge in [0.1, 0.15) is 5.78 Å². The summed E-state index contributed by atoms with van der Waals surface area (Å²) in [5.41, 5.74) is 0.486. The predicted molar refractivity (Wildman–Crippen MR) is 108 cm³/mol. The first-order valence-corrected chi connectivity index (χ1v) is 11.6. The van der Waals surface area contributed by atoms with Gasteiger partial charge in [0.25, 0.3) is 0 Å². The lowest BCUT2D eigenvalue weighted by molar-refractivity contribution is -0.160. The molecule has 0 heterocycles. The van der Waals surface area contributed by atoms with Gasteiger partial charge in [0, 0.05) is 12.3 Å². The van der Waals surface area contributed by atoms with Crippen molar-refractivity contribution in [2.45, 2.75) is 84.7 Å². The molecule has 156 valence electrons. The minimum atomic E-state index is -0.206. The van der Waals surface area contributed by atoms with E-state index in [1.54, 1.807) is 6.08 Å². The van der Waals surface area contributed by atoms with Crippen LogP contribution in [0.2, 0.25) is 0 Å². The zero-order valence-electron chi connectivity index (χ0n) is 17.8. The molecule has 5 unspecified atom stereocenters. The van der Waals surface area contributed by atoms with Crippen LogP contribution in [-0.4, -0.2) is 29.6 Å². The van der Waals surface area contributed by atoms with Crippen LogP contribution in [0.5, 0.6) is 0 Å². The number of aliphatic imine (C=N–C) groups is 1. The first-order chi connectivity index (χ1) is 13.3. The van der Waals surface area contributed by atoms with Crippen LogP contribution in [0.1, 0.15) is 78.6 Å². The van der Waals surface area contributed by atoms with Gasteiger partial charge >= 0.3 is 0 Å². The van der Waals surface area contributed by atoms with E-state index in [4.69, 9.17) is 0 Å². The third-order valence-corrected chi connectivity index (χ3v) is 9.96. The van der Waals surface area contributed by atoms with Crippen molar-refractivity contribution in [1.29, 1.82) is 0 Å². The molecule has 1 N–H and O–H groups in total. The summed E-state index contributed by atoms with van der Waals surface area (Å²) in [6, 6.07) is 0. The fraction of sp³-hybridized carbons (Fsp3) is 0.917. The second-order valence-electron chi connectivity index (χ2n) is 11.0. The smallest absolute Gasteiger partial charge is 0.234 e. The lowest BCUT2D eigenvalue weighted by Crippen LogP contribution is -2.57. The molecular formula is C24H37NO3. The first kappa shape index (κ1) is 20.3. The molecule has 0 aromatic rings. The van der Waals surface area contributed by atoms with Crippen LogP contribution in [-0.2, 0) is 9.59 Å². The number of Topliss-reactive ketones (excluding diaryl/α,β-unsaturated/α-hetero) is 1. The van der Waals surface area contributed by atoms with Crippen molar-refractivity contribution in [3.8, 4) is 0 Å². The van der Waals surface area contributed by atoms with Gasteiger partial charge in [-0.25, -0.2) is 9.79 Å². The number of nitrogens with zero attached hydrogens (tertiary/aromatic N) is 1. The van der Waals surface area contributed by atoms with Crippen molar-refractivity contribution in [2.24, 2.45) is 51.3 Å². The Kier molecular flexibility index (Phi) is 5.33. The van der Waals surface area contributed by atoms with E-state index in [-0.39, 0.29) is 22.9 Å². The van der Waals surface area contributed by atoms with Crippen LogP contribution in [0.15, 0.2) is 4.99 Å². The van der Waals surface area contributed by atoms with Crippen molar-refractivity contribution >= 4 is 11.9 Å². The fourth-order valence-electron chi connectivity index (χ4n) is 8.40. The van der Waals surface area contributed by atoms with Gasteiger partial charge in [-0.3, -0.25) is 4.79 Å². The minimum Gasteiger partial charge on any atom is -0.393 e. The zero-order valence-corrected chi connectivity index (χ0v) is 17.8. The second kappa shape index (κ2) is 7.36. The van der Waals surface area contributed by atoms with Gasteiger partial charge in [-0.1, -0.05) is 20.8 Å². The number of aliphatic hydroxyl groups excluding tert-OH is 1. The summed E-state index contributed by atoms with van der Waals surface area (Å²) >= 11 is 0. The molecule has 0 spiro atoms. The highest BCUT2D eigenvalue weighted by molar-refractivity contribution is 5.83. The fourth-order valence-corrected chi connectivity index (χ4v) is 8.40. The van der Waals surface area contributed by atoms with Crippen molar-refractivity contribution in [1.82, 2.24) is 0 Å². The van der Waals surface area contributed by atoms with Crippen molar-refractivity contribution in [3.05, 3.63) is 0 Å². The molecular weight excluding hydrogens is 350 g/mol. The van der Waals surface area contributed by atoms with Gasteiger partial charge in [-0.2, -0.15) is 0 Å². The number of carbonyl (C=O) groups excluding carboxylic acids is 2. The predicted octanol–water partition coefficient (Wildman–Crippen LogP) is 4.55. The third-order valence-electron chi connectivity index (χ3n) is 9.96. The van der Waals surface area contributed by atoms with Gasteiger partial charge in [-0.05, 0) is 91.8 Å². The first-order valence-electron chi connectivity index (χ1n) is 11.6. The summed E-state index contributed by atoms with van der Waals surface area (Å²) in [6.45, 7) is 7.78. The quantitative estimate of drug-likeness (QED) is 0.568. The molecule has 4 saturated carbocycles. The van der Waals surface area contributed by atoms with Crippen LogP contribution in [0.3, 0.4) is 0 Å². The molecule has 0 aromatic carbocycles. The SMILES string of the molecule is CC(CCN=C=O)[C@H]1CCC2C3C(=O)CC4C[C@H](O)CC[C@]4(C)C3CC[C@@]21C. The van der Waals surface area contributed by atoms with Gasteiger partial charge in [0.2, 0.25) is 6.08 Å². The van der Waals surface area contributed by atoms with Crippen molar-refractivity contribution < 1.29 is 14.7 Å². The number of isocyanates is 1. The van der Waals surface area contributed by atoms with Crippen molar-refractivity contribution in [2.75, 3.05) is 6.54 Å². The van der Waals surface area contributed by atoms with E-state index >= 15 is 0 Å². The van der Waals surface area contributed by atoms with Crippen LogP contribution in [0, 0.1) is 46.3 Å². The molecule has 4 heteroatoms. The summed E-state index contributed by atoms with van der Waals surface area (Å²) in [5, 5.41) is 10.2. The second-order valence-corrected chi connectivity index (χ2v) is 11.0. The van der Waals surface area contributed by atoms with E-state index in [1.165, 1.54) is 25.7 Å². The number of hydrogen-bond donors (Lipinski definition) is 1. The van der Waals surface area contributed by atoms with E-state index in [1.807, 2.05) is 0 Å². The molecule has 4 nitrogen and oxygen atoms in total. The van der Waals surface area contributed by atoms with Crippen LogP contribution in [0.25, 0.3) is 0 Å². The van der Waals surface area contributed by atoms with Gasteiger partial charge in [0.15, 0.2) is 0 Å². The maximum absolute atomic E-state index is 13.4. The highest BCUT2D eigenvalue weighted by Crippen LogP contribution is 2.67. The highest BCUT2D eigenvalue weighted by atomic mass is 16.3. The summed E-state index contributed by atoms with van der Waals surface area (Å²) in [7, 11) is 0. The number of carbonyl (C=O) groups is 1. The molecule has 0 aromatic heterocycles. The Balaban J connectivity index is 1.56. The average Bonchev–Trinajstić information content (AvgIpc) is 3.00. The molecule has 9 atom stereocenters. The van der Waals surface area contributed by atoms with Crippen molar-refractivity contribution in [3.63, 3.8) is 0 Å². The summed E-state index contributed by atoms with van der Waals surface area (Å²) in [5.74, 6) is 3.31. The summed E-state index contributed by atoms with van der Waals surface area (Å²) in [6.07, 6.45) is 10.7. The molecule has 0 bridgehead atoms. The largest absolute Gasteiger partial charge is 0.393 e. The number of fused-ring (bicyclic) bond motifs is 5. The monoisotopic (exact) mass is 387 g/mol. The average molecular weight is 388 g/mol. The maximum Gasteiger partial charge on any atom is 0.234 e. The molecule has 0 radical (unpaired) electrons. The Morgan fingerprint density at radius 1 is 1.14 bits per heavy atom. The molecule has 4 rings (SSSR count). The topological polar surface area (TPSA) is 66.7 Å². The standard InChI is InChI=1S/C24H37NO3/c1-15(8-11-25-14-26)18-4-5-19-22-20(7-10-24(18,19)3)23(2)9-6-17(27)12-16(23)13-21(22)28/h15-20,22,27H,4-13H2,1-3H3/t15?,16?,17-,18-,19?,20?,22?,23+,24-/m1/s1. The molecule has 4 aliphatic carbocycles. The number of hydrogen-bond acceptors (Lipinski definition) is 4. The Labute approximate surface area is 169 Å². The molecule has 4 aliphatic rings. The summed E-state index contributed by atoms with van der Waals surface area (Å²) < 4.78 is 0. The molecule has 0 amide bonds. The Morgan fingerprint density at radius 2 is 1.86 bits per heavy atom. The van der Waals surface area contributed by atoms with E-state index in [0.29, 0.717) is 48.3 Å². The van der Waals surface area contributed by atoms with E-state index in [9.17, 15) is 14.7 Å². The lowest BCUT2D eigenvalue weighted by Gasteiger charge is -2.60. The zero-order chi connectivity index (χ0) is 20.1. The van der Waals surface area contributed by atoms with Crippen LogP contribution < -0.4 is 0 Å². The number of rotatable bonds is 4. The Hall–Kier alpha value is -0.990. The highest BCUT2D eigenvalue weighted by Gasteiger charge is 2.62. The molecule has 4 fully saturated rings. The third kappa shape index (κ3) is 3.03. The Bertz CT molecular complexity index is 671.